The molecule has 0 spiro atoms. The Balaban J connectivity index is 5.12. The van der Waals surface area contributed by atoms with Gasteiger partial charge in [-0.1, -0.05) is 26.2 Å². The highest BCUT2D eigenvalue weighted by atomic mass is 16.4. The summed E-state index contributed by atoms with van der Waals surface area (Å²) in [5.74, 6) is 1.30. The maximum Gasteiger partial charge on any atom is 0.217 e. The van der Waals surface area contributed by atoms with E-state index in [0.29, 0.717) is 6.42 Å². The van der Waals surface area contributed by atoms with Crippen LogP contribution in [0.3, 0.4) is 0 Å². The molecule has 7 heteroatoms. The molecule has 0 fully saturated rings. The van der Waals surface area contributed by atoms with E-state index in [1.54, 1.807) is 0 Å². The van der Waals surface area contributed by atoms with Crippen molar-refractivity contribution in [3.63, 3.8) is 0 Å². The SMILES string of the molecule is C#C[C@@H](CCCCC)[C@H](O)[C@@H](NC(C)=O)[C@@H](O)[C@H](O)[C@H](O)CO. The van der Waals surface area contributed by atoms with Crippen LogP contribution in [0.2, 0.25) is 0 Å². The van der Waals surface area contributed by atoms with Gasteiger partial charge in [-0.15, -0.1) is 12.3 Å². The van der Waals surface area contributed by atoms with Gasteiger partial charge in [-0.05, 0) is 6.42 Å². The standard InChI is InChI=1S/C16H29NO6/c1-4-6-7-8-11(5-2)14(21)13(17-10(3)19)16(23)15(22)12(20)9-18/h2,11-16,18,20-23H,4,6-9H2,1,3H3,(H,17,19)/t11-,12+,13+,14-,15+,16+/m0/s1. The Bertz CT molecular complexity index is 383. The molecule has 0 saturated carbocycles. The minimum Gasteiger partial charge on any atom is -0.394 e. The summed E-state index contributed by atoms with van der Waals surface area (Å²) in [7, 11) is 0. The number of rotatable bonds is 11. The van der Waals surface area contributed by atoms with Gasteiger partial charge in [-0.2, -0.15) is 0 Å². The predicted octanol–water partition coefficient (Wildman–Crippen LogP) is -1.24. The maximum absolute atomic E-state index is 11.3. The zero-order valence-electron chi connectivity index (χ0n) is 13.7. The number of aliphatic hydroxyl groups is 5. The van der Waals surface area contributed by atoms with E-state index in [2.05, 4.69) is 11.2 Å². The maximum atomic E-state index is 11.3. The molecular formula is C16H29NO6. The summed E-state index contributed by atoms with van der Waals surface area (Å²) in [5.41, 5.74) is 0. The van der Waals surface area contributed by atoms with Gasteiger partial charge in [0.2, 0.25) is 5.91 Å². The van der Waals surface area contributed by atoms with Crippen LogP contribution in [0, 0.1) is 18.3 Å². The van der Waals surface area contributed by atoms with E-state index in [9.17, 15) is 25.2 Å². The lowest BCUT2D eigenvalue weighted by molar-refractivity contribution is -0.128. The Labute approximate surface area is 137 Å². The summed E-state index contributed by atoms with van der Waals surface area (Å²) in [5, 5.41) is 51.0. The summed E-state index contributed by atoms with van der Waals surface area (Å²) in [6.07, 6.45) is 2.32. The van der Waals surface area contributed by atoms with Crippen molar-refractivity contribution < 1.29 is 30.3 Å². The Kier molecular flexibility index (Phi) is 10.8. The van der Waals surface area contributed by atoms with Crippen LogP contribution >= 0.6 is 0 Å². The molecular weight excluding hydrogens is 302 g/mol. The van der Waals surface area contributed by atoms with Gasteiger partial charge in [-0.3, -0.25) is 4.79 Å². The van der Waals surface area contributed by atoms with Crippen LogP contribution in [-0.2, 0) is 4.79 Å². The van der Waals surface area contributed by atoms with E-state index in [4.69, 9.17) is 11.5 Å². The molecule has 134 valence electrons. The number of nitrogens with one attached hydrogen (secondary N) is 1. The fourth-order valence-corrected chi connectivity index (χ4v) is 2.37. The molecule has 0 aromatic rings. The van der Waals surface area contributed by atoms with E-state index in [1.165, 1.54) is 6.92 Å². The minimum absolute atomic E-state index is 0.507. The largest absolute Gasteiger partial charge is 0.394 e. The van der Waals surface area contributed by atoms with Gasteiger partial charge < -0.3 is 30.8 Å². The highest BCUT2D eigenvalue weighted by Crippen LogP contribution is 2.19. The van der Waals surface area contributed by atoms with Gasteiger partial charge in [-0.25, -0.2) is 0 Å². The van der Waals surface area contributed by atoms with Gasteiger partial charge in [0, 0.05) is 12.8 Å². The van der Waals surface area contributed by atoms with Crippen molar-refractivity contribution in [2.24, 2.45) is 5.92 Å². The third kappa shape index (κ3) is 7.29. The second kappa shape index (κ2) is 11.4. The molecule has 0 aliphatic heterocycles. The average molecular weight is 331 g/mol. The summed E-state index contributed by atoms with van der Waals surface area (Å²) in [4.78, 5) is 11.3. The van der Waals surface area contributed by atoms with E-state index < -0.39 is 48.9 Å². The second-order valence-corrected chi connectivity index (χ2v) is 5.72. The Morgan fingerprint density at radius 3 is 2.17 bits per heavy atom. The minimum atomic E-state index is -1.74. The summed E-state index contributed by atoms with van der Waals surface area (Å²) in [6.45, 7) is 2.46. The second-order valence-electron chi connectivity index (χ2n) is 5.72. The van der Waals surface area contributed by atoms with Crippen molar-refractivity contribution in [2.75, 3.05) is 6.61 Å². The van der Waals surface area contributed by atoms with Gasteiger partial charge in [0.05, 0.1) is 18.8 Å². The molecule has 0 aromatic heterocycles. The number of aliphatic hydroxyl groups excluding tert-OH is 5. The van der Waals surface area contributed by atoms with Crippen LogP contribution in [0.15, 0.2) is 0 Å². The predicted molar refractivity (Wildman–Crippen MR) is 85.2 cm³/mol. The Hall–Kier alpha value is -1.17. The molecule has 6 N–H and O–H groups in total. The fourth-order valence-electron chi connectivity index (χ4n) is 2.37. The average Bonchev–Trinajstić information content (AvgIpc) is 2.53. The molecule has 0 rings (SSSR count). The first kappa shape index (κ1) is 21.8. The van der Waals surface area contributed by atoms with Crippen LogP contribution in [0.4, 0.5) is 0 Å². The molecule has 0 unspecified atom stereocenters. The van der Waals surface area contributed by atoms with Crippen molar-refractivity contribution in [2.45, 2.75) is 70.0 Å². The van der Waals surface area contributed by atoms with Crippen molar-refractivity contribution in [3.8, 4) is 12.3 Å². The molecule has 1 amide bonds. The molecule has 0 radical (unpaired) electrons. The number of amides is 1. The topological polar surface area (TPSA) is 130 Å². The van der Waals surface area contributed by atoms with Gasteiger partial charge >= 0.3 is 0 Å². The monoisotopic (exact) mass is 331 g/mol. The number of hydrogen-bond acceptors (Lipinski definition) is 6. The lowest BCUT2D eigenvalue weighted by atomic mass is 9.86. The lowest BCUT2D eigenvalue weighted by Gasteiger charge is -2.34. The molecule has 0 heterocycles. The Morgan fingerprint density at radius 1 is 1.13 bits per heavy atom. The van der Waals surface area contributed by atoms with E-state index in [-0.39, 0.29) is 0 Å². The van der Waals surface area contributed by atoms with Crippen LogP contribution in [0.5, 0.6) is 0 Å². The normalized spacial score (nSPS) is 19.0. The van der Waals surface area contributed by atoms with Crippen molar-refractivity contribution >= 4 is 5.91 Å². The number of carbonyl (C=O) groups is 1. The van der Waals surface area contributed by atoms with Gasteiger partial charge in [0.15, 0.2) is 0 Å². The summed E-state index contributed by atoms with van der Waals surface area (Å²) in [6, 6.07) is -1.26. The van der Waals surface area contributed by atoms with Gasteiger partial charge in [0.25, 0.3) is 0 Å². The molecule has 0 bridgehead atoms. The Morgan fingerprint density at radius 2 is 1.74 bits per heavy atom. The van der Waals surface area contributed by atoms with Crippen LogP contribution in [0.25, 0.3) is 0 Å². The number of hydrogen-bond donors (Lipinski definition) is 6. The highest BCUT2D eigenvalue weighted by molar-refractivity contribution is 5.73. The van der Waals surface area contributed by atoms with Crippen LogP contribution in [-0.4, -0.2) is 68.5 Å². The van der Waals surface area contributed by atoms with Crippen molar-refractivity contribution in [1.82, 2.24) is 5.32 Å². The number of unbranched alkanes of at least 4 members (excludes halogenated alkanes) is 2. The summed E-state index contributed by atoms with van der Waals surface area (Å²) >= 11 is 0. The van der Waals surface area contributed by atoms with Crippen LogP contribution < -0.4 is 5.32 Å². The molecule has 0 aromatic carbocycles. The smallest absolute Gasteiger partial charge is 0.217 e. The number of terminal acetylenes is 1. The quantitative estimate of drug-likeness (QED) is 0.207. The molecule has 0 aliphatic rings. The molecule has 0 aliphatic carbocycles. The molecule has 0 saturated heterocycles. The third-order valence-corrected chi connectivity index (χ3v) is 3.78. The molecule has 7 nitrogen and oxygen atoms in total. The van der Waals surface area contributed by atoms with Crippen LogP contribution in [0.1, 0.15) is 39.5 Å². The zero-order valence-corrected chi connectivity index (χ0v) is 13.7. The van der Waals surface area contributed by atoms with Crippen molar-refractivity contribution in [3.05, 3.63) is 0 Å². The lowest BCUT2D eigenvalue weighted by Crippen LogP contribution is -2.58. The van der Waals surface area contributed by atoms with E-state index >= 15 is 0 Å². The third-order valence-electron chi connectivity index (χ3n) is 3.78. The van der Waals surface area contributed by atoms with Crippen molar-refractivity contribution in [1.29, 1.82) is 0 Å². The zero-order chi connectivity index (χ0) is 18.0. The fraction of sp³-hybridized carbons (Fsp3) is 0.812. The molecule has 23 heavy (non-hydrogen) atoms. The first-order valence-electron chi connectivity index (χ1n) is 7.86. The van der Waals surface area contributed by atoms with E-state index in [0.717, 1.165) is 19.3 Å². The number of carbonyl (C=O) groups excluding carboxylic acids is 1. The first-order valence-corrected chi connectivity index (χ1v) is 7.86. The molecule has 6 atom stereocenters. The highest BCUT2D eigenvalue weighted by Gasteiger charge is 2.38. The summed E-state index contributed by atoms with van der Waals surface area (Å²) < 4.78 is 0. The van der Waals surface area contributed by atoms with Gasteiger partial charge in [0.1, 0.15) is 18.3 Å². The van der Waals surface area contributed by atoms with E-state index in [1.807, 2.05) is 6.92 Å². The first-order chi connectivity index (χ1) is 10.8.